The molecule has 0 spiro atoms. The van der Waals surface area contributed by atoms with Crippen LogP contribution in [0, 0.1) is 0 Å². The van der Waals surface area contributed by atoms with E-state index >= 15 is 0 Å². The van der Waals surface area contributed by atoms with Crippen molar-refractivity contribution in [3.8, 4) is 0 Å². The van der Waals surface area contributed by atoms with Gasteiger partial charge in [-0.15, -0.1) is 6.58 Å². The van der Waals surface area contributed by atoms with Gasteiger partial charge in [0.25, 0.3) is 5.56 Å². The quantitative estimate of drug-likeness (QED) is 0.388. The second kappa shape index (κ2) is 7.02. The van der Waals surface area contributed by atoms with E-state index in [2.05, 4.69) is 23.7 Å². The molecule has 1 aromatic heterocycles. The third-order valence-electron chi connectivity index (χ3n) is 3.40. The first-order valence-electron chi connectivity index (χ1n) is 7.17. The Morgan fingerprint density at radius 2 is 2.00 bits per heavy atom. The lowest BCUT2D eigenvalue weighted by Crippen LogP contribution is -2.22. The van der Waals surface area contributed by atoms with Gasteiger partial charge in [-0.1, -0.05) is 59.8 Å². The van der Waals surface area contributed by atoms with E-state index in [0.717, 1.165) is 5.75 Å². The molecule has 5 heteroatoms. The Balaban J connectivity index is 2.04. The number of hydrogen-bond acceptors (Lipinski definition) is 3. The van der Waals surface area contributed by atoms with Crippen LogP contribution in [0.25, 0.3) is 10.9 Å². The van der Waals surface area contributed by atoms with Crippen LogP contribution in [0.15, 0.2) is 71.1 Å². The van der Waals surface area contributed by atoms with E-state index in [1.807, 2.05) is 18.2 Å². The number of benzene rings is 2. The summed E-state index contributed by atoms with van der Waals surface area (Å²) >= 11 is 7.56. The minimum Gasteiger partial charge on any atom is -0.283 e. The number of allylic oxidation sites excluding steroid dienone is 1. The van der Waals surface area contributed by atoms with Gasteiger partial charge in [0.2, 0.25) is 0 Å². The van der Waals surface area contributed by atoms with Crippen molar-refractivity contribution in [3.05, 3.63) is 82.1 Å². The Bertz CT molecular complexity index is 906. The molecule has 0 unspecified atom stereocenters. The fraction of sp³-hybridized carbons (Fsp3) is 0.111. The van der Waals surface area contributed by atoms with Gasteiger partial charge in [0.05, 0.1) is 10.9 Å². The zero-order valence-electron chi connectivity index (χ0n) is 12.4. The van der Waals surface area contributed by atoms with Gasteiger partial charge in [0.15, 0.2) is 5.16 Å². The Kier molecular flexibility index (Phi) is 4.84. The van der Waals surface area contributed by atoms with E-state index in [-0.39, 0.29) is 5.56 Å². The second-order valence-corrected chi connectivity index (χ2v) is 6.41. The average molecular weight is 343 g/mol. The summed E-state index contributed by atoms with van der Waals surface area (Å²) in [4.78, 5) is 17.3. The molecule has 3 nitrogen and oxygen atoms in total. The number of halogens is 1. The molecule has 0 atom stereocenters. The molecule has 0 saturated heterocycles. The molecule has 0 fully saturated rings. The van der Waals surface area contributed by atoms with Crippen LogP contribution in [0.3, 0.4) is 0 Å². The zero-order chi connectivity index (χ0) is 16.2. The molecule has 0 aliphatic rings. The summed E-state index contributed by atoms with van der Waals surface area (Å²) in [5.41, 5.74) is 1.74. The largest absolute Gasteiger partial charge is 0.283 e. The molecular weight excluding hydrogens is 328 g/mol. The monoisotopic (exact) mass is 342 g/mol. The van der Waals surface area contributed by atoms with Gasteiger partial charge in [0, 0.05) is 17.3 Å². The van der Waals surface area contributed by atoms with E-state index in [1.165, 1.54) is 17.3 Å². The summed E-state index contributed by atoms with van der Waals surface area (Å²) < 4.78 is 1.65. The van der Waals surface area contributed by atoms with Crippen molar-refractivity contribution in [2.75, 3.05) is 0 Å². The third-order valence-corrected chi connectivity index (χ3v) is 4.69. The van der Waals surface area contributed by atoms with Gasteiger partial charge in [-0.2, -0.15) is 0 Å². The standard InChI is InChI=1S/C18H15ClN2OS/c1-2-10-21-17(22)15-9-8-14(19)11-16(15)20-18(21)23-12-13-6-4-3-5-7-13/h2-9,11H,1,10,12H2. The number of fused-ring (bicyclic) bond motifs is 1. The Labute approximate surface area is 143 Å². The van der Waals surface area contributed by atoms with Crippen LogP contribution in [0.5, 0.6) is 0 Å². The molecule has 0 aliphatic heterocycles. The van der Waals surface area contributed by atoms with Crippen LogP contribution in [0.2, 0.25) is 5.02 Å². The van der Waals surface area contributed by atoms with Crippen LogP contribution in [-0.2, 0) is 12.3 Å². The van der Waals surface area contributed by atoms with E-state index < -0.39 is 0 Å². The summed E-state index contributed by atoms with van der Waals surface area (Å²) in [6, 6.07) is 15.3. The van der Waals surface area contributed by atoms with Crippen LogP contribution in [0.1, 0.15) is 5.56 Å². The molecule has 0 amide bonds. The molecule has 0 radical (unpaired) electrons. The van der Waals surface area contributed by atoms with Gasteiger partial charge in [-0.3, -0.25) is 9.36 Å². The smallest absolute Gasteiger partial charge is 0.262 e. The van der Waals surface area contributed by atoms with Crippen molar-refractivity contribution in [2.45, 2.75) is 17.5 Å². The second-order valence-electron chi connectivity index (χ2n) is 5.03. The Morgan fingerprint density at radius 1 is 1.22 bits per heavy atom. The van der Waals surface area contributed by atoms with Gasteiger partial charge in [0.1, 0.15) is 0 Å². The fourth-order valence-corrected chi connectivity index (χ4v) is 3.43. The number of thioether (sulfide) groups is 1. The molecule has 116 valence electrons. The number of rotatable bonds is 5. The summed E-state index contributed by atoms with van der Waals surface area (Å²) in [6.45, 7) is 4.16. The predicted molar refractivity (Wildman–Crippen MR) is 97.2 cm³/mol. The normalized spacial score (nSPS) is 10.8. The molecule has 3 aromatic rings. The molecule has 0 saturated carbocycles. The Hall–Kier alpha value is -2.04. The van der Waals surface area contributed by atoms with E-state index in [1.54, 1.807) is 28.8 Å². The van der Waals surface area contributed by atoms with Crippen molar-refractivity contribution in [3.63, 3.8) is 0 Å². The highest BCUT2D eigenvalue weighted by Gasteiger charge is 2.11. The molecule has 0 bridgehead atoms. The van der Waals surface area contributed by atoms with Crippen LogP contribution < -0.4 is 5.56 Å². The van der Waals surface area contributed by atoms with E-state index in [0.29, 0.717) is 27.6 Å². The fourth-order valence-electron chi connectivity index (χ4n) is 2.30. The van der Waals surface area contributed by atoms with E-state index in [9.17, 15) is 4.79 Å². The molecule has 0 aliphatic carbocycles. The van der Waals surface area contributed by atoms with Gasteiger partial charge in [-0.25, -0.2) is 4.98 Å². The molecule has 23 heavy (non-hydrogen) atoms. The minimum absolute atomic E-state index is 0.0675. The minimum atomic E-state index is -0.0675. The molecule has 0 N–H and O–H groups in total. The van der Waals surface area contributed by atoms with Crippen molar-refractivity contribution in [1.29, 1.82) is 0 Å². The molecule has 1 heterocycles. The van der Waals surface area contributed by atoms with Gasteiger partial charge >= 0.3 is 0 Å². The summed E-state index contributed by atoms with van der Waals surface area (Å²) in [7, 11) is 0. The summed E-state index contributed by atoms with van der Waals surface area (Å²) in [6.07, 6.45) is 1.71. The lowest BCUT2D eigenvalue weighted by molar-refractivity contribution is 0.671. The van der Waals surface area contributed by atoms with Crippen LogP contribution >= 0.6 is 23.4 Å². The highest BCUT2D eigenvalue weighted by molar-refractivity contribution is 7.98. The van der Waals surface area contributed by atoms with Crippen molar-refractivity contribution < 1.29 is 0 Å². The lowest BCUT2D eigenvalue weighted by Gasteiger charge is -2.11. The molecule has 3 rings (SSSR count). The topological polar surface area (TPSA) is 34.9 Å². The van der Waals surface area contributed by atoms with Gasteiger partial charge < -0.3 is 0 Å². The maximum absolute atomic E-state index is 12.7. The van der Waals surface area contributed by atoms with E-state index in [4.69, 9.17) is 11.6 Å². The van der Waals surface area contributed by atoms with Crippen molar-refractivity contribution >= 4 is 34.3 Å². The predicted octanol–water partition coefficient (Wildman–Crippen LogP) is 4.53. The first-order valence-corrected chi connectivity index (χ1v) is 8.53. The summed E-state index contributed by atoms with van der Waals surface area (Å²) in [5, 5.41) is 1.82. The highest BCUT2D eigenvalue weighted by atomic mass is 35.5. The van der Waals surface area contributed by atoms with Crippen molar-refractivity contribution in [2.24, 2.45) is 0 Å². The first kappa shape index (κ1) is 15.8. The molecule has 2 aromatic carbocycles. The van der Waals surface area contributed by atoms with Crippen LogP contribution in [-0.4, -0.2) is 9.55 Å². The number of nitrogens with zero attached hydrogens (tertiary/aromatic N) is 2. The highest BCUT2D eigenvalue weighted by Crippen LogP contribution is 2.23. The number of aromatic nitrogens is 2. The summed E-state index contributed by atoms with van der Waals surface area (Å²) in [5.74, 6) is 0.747. The van der Waals surface area contributed by atoms with Gasteiger partial charge in [-0.05, 0) is 23.8 Å². The maximum Gasteiger partial charge on any atom is 0.262 e. The van der Waals surface area contributed by atoms with Crippen molar-refractivity contribution in [1.82, 2.24) is 9.55 Å². The third kappa shape index (κ3) is 3.49. The average Bonchev–Trinajstić information content (AvgIpc) is 2.56. The SMILES string of the molecule is C=CCn1c(SCc2ccccc2)nc2cc(Cl)ccc2c1=O. The Morgan fingerprint density at radius 3 is 2.74 bits per heavy atom. The zero-order valence-corrected chi connectivity index (χ0v) is 14.0. The maximum atomic E-state index is 12.7. The number of hydrogen-bond donors (Lipinski definition) is 0. The van der Waals surface area contributed by atoms with Crippen LogP contribution in [0.4, 0.5) is 0 Å². The lowest BCUT2D eigenvalue weighted by atomic mass is 10.2. The molecular formula is C18H15ClN2OS. The first-order chi connectivity index (χ1) is 11.2.